The average Bonchev–Trinajstić information content (AvgIpc) is 3.39. The lowest BCUT2D eigenvalue weighted by Gasteiger charge is -2.15. The van der Waals surface area contributed by atoms with Crippen LogP contribution in [0, 0.1) is 0 Å². The maximum atomic E-state index is 12.8. The van der Waals surface area contributed by atoms with Crippen molar-refractivity contribution >= 4 is 11.6 Å². The van der Waals surface area contributed by atoms with Gasteiger partial charge in [-0.3, -0.25) is 9.59 Å². The molecule has 0 saturated heterocycles. The Kier molecular flexibility index (Phi) is 7.07. The molecule has 3 heterocycles. The van der Waals surface area contributed by atoms with Crippen LogP contribution in [0.5, 0.6) is 11.6 Å². The Morgan fingerprint density at radius 3 is 2.47 bits per heavy atom. The van der Waals surface area contributed by atoms with E-state index in [9.17, 15) is 9.59 Å². The van der Waals surface area contributed by atoms with Crippen molar-refractivity contribution < 1.29 is 14.3 Å². The Balaban J connectivity index is 1.20. The molecule has 192 valence electrons. The Labute approximate surface area is 217 Å². The summed E-state index contributed by atoms with van der Waals surface area (Å²) in [5.41, 5.74) is 2.47. The van der Waals surface area contributed by atoms with Crippen LogP contribution >= 0.6 is 0 Å². The quantitative estimate of drug-likeness (QED) is 0.300. The first-order chi connectivity index (χ1) is 18.5. The summed E-state index contributed by atoms with van der Waals surface area (Å²) in [7, 11) is 1.59. The topological polar surface area (TPSA) is 126 Å². The molecule has 1 unspecified atom stereocenters. The fraction of sp³-hybridized carbons (Fsp3) is 0.185. The summed E-state index contributed by atoms with van der Waals surface area (Å²) in [6.07, 6.45) is 0. The number of methoxy groups -OCH3 is 1. The number of ether oxygens (including phenoxy) is 2. The van der Waals surface area contributed by atoms with Crippen LogP contribution in [0.15, 0.2) is 83.7 Å². The van der Waals surface area contributed by atoms with Crippen LogP contribution < -0.4 is 20.3 Å². The Morgan fingerprint density at radius 2 is 1.71 bits per heavy atom. The van der Waals surface area contributed by atoms with E-state index in [1.165, 1.54) is 10.7 Å². The van der Waals surface area contributed by atoms with E-state index in [-0.39, 0.29) is 24.6 Å². The third kappa shape index (κ3) is 5.21. The second-order valence-corrected chi connectivity index (χ2v) is 8.38. The van der Waals surface area contributed by atoms with Gasteiger partial charge in [0, 0.05) is 23.3 Å². The number of hydrogen-bond donors (Lipinski definition) is 1. The van der Waals surface area contributed by atoms with Gasteiger partial charge in [0.25, 0.3) is 5.56 Å². The lowest BCUT2D eigenvalue weighted by atomic mass is 10.1. The van der Waals surface area contributed by atoms with Crippen LogP contribution in [0.25, 0.3) is 28.3 Å². The number of benzene rings is 2. The molecule has 0 saturated carbocycles. The molecule has 0 radical (unpaired) electrons. The minimum atomic E-state index is -0.819. The molecule has 1 atom stereocenters. The van der Waals surface area contributed by atoms with Crippen molar-refractivity contribution in [1.29, 1.82) is 0 Å². The molecular weight excluding hydrogens is 486 g/mol. The third-order valence-corrected chi connectivity index (χ3v) is 5.88. The number of nitrogens with one attached hydrogen (secondary N) is 1. The molecule has 5 aromatic rings. The zero-order valence-electron chi connectivity index (χ0n) is 20.8. The Morgan fingerprint density at radius 1 is 0.921 bits per heavy atom. The highest BCUT2D eigenvalue weighted by Gasteiger charge is 2.18. The van der Waals surface area contributed by atoms with Crippen LogP contribution in [0.1, 0.15) is 13.0 Å². The zero-order valence-corrected chi connectivity index (χ0v) is 20.8. The third-order valence-electron chi connectivity index (χ3n) is 5.88. The van der Waals surface area contributed by atoms with Gasteiger partial charge >= 0.3 is 0 Å². The van der Waals surface area contributed by atoms with Crippen LogP contribution in [-0.2, 0) is 4.79 Å². The van der Waals surface area contributed by atoms with Gasteiger partial charge in [0.2, 0.25) is 11.8 Å². The fourth-order valence-corrected chi connectivity index (χ4v) is 3.82. The number of hydrogen-bond acceptors (Lipinski definition) is 8. The first-order valence-electron chi connectivity index (χ1n) is 12.0. The number of nitrogens with zero attached hydrogens (tertiary/aromatic N) is 6. The molecule has 11 heteroatoms. The summed E-state index contributed by atoms with van der Waals surface area (Å²) in [5, 5.41) is 20.0. The second kappa shape index (κ2) is 10.9. The highest BCUT2D eigenvalue weighted by Crippen LogP contribution is 2.20. The molecule has 0 aliphatic carbocycles. The molecule has 0 fully saturated rings. The van der Waals surface area contributed by atoms with E-state index in [1.54, 1.807) is 48.9 Å². The van der Waals surface area contributed by atoms with Gasteiger partial charge in [0.1, 0.15) is 18.4 Å². The van der Waals surface area contributed by atoms with Crippen molar-refractivity contribution in [1.82, 2.24) is 34.9 Å². The van der Waals surface area contributed by atoms with E-state index in [1.807, 2.05) is 42.5 Å². The van der Waals surface area contributed by atoms with Crippen LogP contribution in [0.4, 0.5) is 0 Å². The lowest BCUT2D eigenvalue weighted by molar-refractivity contribution is -0.124. The summed E-state index contributed by atoms with van der Waals surface area (Å²) >= 11 is 0. The van der Waals surface area contributed by atoms with Gasteiger partial charge in [0.05, 0.1) is 19.3 Å². The predicted molar refractivity (Wildman–Crippen MR) is 140 cm³/mol. The first-order valence-corrected chi connectivity index (χ1v) is 12.0. The molecule has 1 amide bonds. The van der Waals surface area contributed by atoms with E-state index < -0.39 is 6.04 Å². The van der Waals surface area contributed by atoms with Gasteiger partial charge in [-0.2, -0.15) is 9.61 Å². The number of rotatable bonds is 9. The fourth-order valence-electron chi connectivity index (χ4n) is 3.82. The molecule has 1 N–H and O–H groups in total. The smallest absolute Gasteiger partial charge is 0.267 e. The Bertz CT molecular complexity index is 1610. The SMILES string of the molecule is COc1ccc(-c2ccc(=O)n(C(C)C(=O)NCCOc3ccc4nnc(-c5ccccc5)n4n3)n2)cc1. The average molecular weight is 512 g/mol. The molecule has 0 spiro atoms. The molecule has 11 nitrogen and oxygen atoms in total. The summed E-state index contributed by atoms with van der Waals surface area (Å²) in [4.78, 5) is 25.2. The molecule has 0 aliphatic heterocycles. The highest BCUT2D eigenvalue weighted by molar-refractivity contribution is 5.79. The van der Waals surface area contributed by atoms with Gasteiger partial charge in [-0.1, -0.05) is 30.3 Å². The van der Waals surface area contributed by atoms with Gasteiger partial charge in [-0.05, 0) is 43.3 Å². The Hall–Kier alpha value is -5.06. The summed E-state index contributed by atoms with van der Waals surface area (Å²) in [6.45, 7) is 2.01. The predicted octanol–water partition coefficient (Wildman–Crippen LogP) is 2.78. The van der Waals surface area contributed by atoms with Crippen molar-refractivity contribution in [3.05, 3.63) is 89.2 Å². The summed E-state index contributed by atoms with van der Waals surface area (Å²) < 4.78 is 13.7. The van der Waals surface area contributed by atoms with Crippen LogP contribution in [-0.4, -0.2) is 55.8 Å². The second-order valence-electron chi connectivity index (χ2n) is 8.38. The normalized spacial score (nSPS) is 11.7. The van der Waals surface area contributed by atoms with E-state index in [4.69, 9.17) is 9.47 Å². The van der Waals surface area contributed by atoms with E-state index in [2.05, 4.69) is 25.7 Å². The number of aromatic nitrogens is 6. The molecule has 0 bridgehead atoms. The van der Waals surface area contributed by atoms with Crippen molar-refractivity contribution in [3.8, 4) is 34.3 Å². The molecule has 5 rings (SSSR count). The summed E-state index contributed by atoms with van der Waals surface area (Å²) in [5.74, 6) is 1.32. The molecule has 38 heavy (non-hydrogen) atoms. The van der Waals surface area contributed by atoms with E-state index >= 15 is 0 Å². The van der Waals surface area contributed by atoms with Crippen molar-refractivity contribution in [2.24, 2.45) is 0 Å². The minimum absolute atomic E-state index is 0.175. The van der Waals surface area contributed by atoms with Gasteiger partial charge < -0.3 is 14.8 Å². The van der Waals surface area contributed by atoms with Gasteiger partial charge in [-0.25, -0.2) is 4.68 Å². The number of fused-ring (bicyclic) bond motifs is 1. The largest absolute Gasteiger partial charge is 0.497 e. The number of amides is 1. The highest BCUT2D eigenvalue weighted by atomic mass is 16.5. The summed E-state index contributed by atoms with van der Waals surface area (Å²) in [6, 6.07) is 22.6. The van der Waals surface area contributed by atoms with Gasteiger partial charge in [-0.15, -0.1) is 15.3 Å². The molecule has 0 aliphatic rings. The van der Waals surface area contributed by atoms with Crippen molar-refractivity contribution in [2.45, 2.75) is 13.0 Å². The molecule has 2 aromatic carbocycles. The van der Waals surface area contributed by atoms with Crippen molar-refractivity contribution in [2.75, 3.05) is 20.3 Å². The van der Waals surface area contributed by atoms with Gasteiger partial charge in [0.15, 0.2) is 11.5 Å². The van der Waals surface area contributed by atoms with E-state index in [0.29, 0.717) is 28.8 Å². The number of carbonyl (C=O) groups is 1. The standard InChI is InChI=1S/C27H25N7O4/c1-18(33-25(35)15-12-22(31-33)19-8-10-21(37-2)11-9-19)27(36)28-16-17-38-24-14-13-23-29-30-26(34(23)32-24)20-6-4-3-5-7-20/h3-15,18H,16-17H2,1-2H3,(H,28,36). The zero-order chi connectivity index (χ0) is 26.5. The first kappa shape index (κ1) is 24.6. The lowest BCUT2D eigenvalue weighted by Crippen LogP contribution is -2.38. The molecule has 3 aromatic heterocycles. The maximum Gasteiger partial charge on any atom is 0.267 e. The van der Waals surface area contributed by atoms with E-state index in [0.717, 1.165) is 11.1 Å². The molecular formula is C27H25N7O4. The number of carbonyl (C=O) groups excluding carboxylic acids is 1. The van der Waals surface area contributed by atoms with Crippen LogP contribution in [0.2, 0.25) is 0 Å². The maximum absolute atomic E-state index is 12.8. The van der Waals surface area contributed by atoms with Crippen molar-refractivity contribution in [3.63, 3.8) is 0 Å². The monoisotopic (exact) mass is 511 g/mol. The van der Waals surface area contributed by atoms with Crippen LogP contribution in [0.3, 0.4) is 0 Å². The minimum Gasteiger partial charge on any atom is -0.497 e.